The second kappa shape index (κ2) is 7.33. The number of aliphatic hydroxyl groups is 1. The first-order chi connectivity index (χ1) is 10.8. The predicted molar refractivity (Wildman–Crippen MR) is 89.0 cm³/mol. The number of aliphatic carboxylic acids is 1. The molecule has 132 valence electrons. The van der Waals surface area contributed by atoms with Gasteiger partial charge in [0, 0.05) is 12.3 Å². The molecule has 2 N–H and O–H groups in total. The third-order valence-corrected chi connectivity index (χ3v) is 6.71. The van der Waals surface area contributed by atoms with Crippen molar-refractivity contribution < 1.29 is 19.8 Å². The van der Waals surface area contributed by atoms with E-state index in [0.717, 1.165) is 38.5 Å². The molecule has 4 heteroatoms. The lowest BCUT2D eigenvalue weighted by molar-refractivity contribution is -0.143. The van der Waals surface area contributed by atoms with Crippen LogP contribution < -0.4 is 0 Å². The van der Waals surface area contributed by atoms with Crippen LogP contribution in [0.5, 0.6) is 0 Å². The molecule has 2 saturated carbocycles. The summed E-state index contributed by atoms with van der Waals surface area (Å²) in [7, 11) is 0. The molecule has 0 amide bonds. The van der Waals surface area contributed by atoms with E-state index in [9.17, 15) is 14.7 Å². The zero-order chi connectivity index (χ0) is 17.2. The van der Waals surface area contributed by atoms with E-state index in [1.807, 2.05) is 0 Å². The minimum atomic E-state index is -0.750. The van der Waals surface area contributed by atoms with Crippen LogP contribution in [-0.2, 0) is 9.59 Å². The predicted octanol–water partition coefficient (Wildman–Crippen LogP) is 3.66. The van der Waals surface area contributed by atoms with Gasteiger partial charge in [-0.15, -0.1) is 0 Å². The largest absolute Gasteiger partial charge is 0.481 e. The summed E-state index contributed by atoms with van der Waals surface area (Å²) in [5.74, 6) is 0.0374. The third-order valence-electron chi connectivity index (χ3n) is 6.71. The van der Waals surface area contributed by atoms with Crippen LogP contribution in [0.3, 0.4) is 0 Å². The number of hydrogen-bond donors (Lipinski definition) is 2. The number of carboxylic acids is 1. The van der Waals surface area contributed by atoms with Gasteiger partial charge in [-0.25, -0.2) is 0 Å². The van der Waals surface area contributed by atoms with Gasteiger partial charge in [-0.05, 0) is 49.4 Å². The summed E-state index contributed by atoms with van der Waals surface area (Å²) in [6.07, 6.45) is 6.25. The van der Waals surface area contributed by atoms with Crippen molar-refractivity contribution >= 4 is 11.8 Å². The van der Waals surface area contributed by atoms with Crippen molar-refractivity contribution in [2.45, 2.75) is 78.2 Å². The molecule has 2 aliphatic carbocycles. The van der Waals surface area contributed by atoms with Gasteiger partial charge in [0.2, 0.25) is 0 Å². The summed E-state index contributed by atoms with van der Waals surface area (Å²) in [6, 6.07) is 0. The van der Waals surface area contributed by atoms with Gasteiger partial charge in [0.05, 0.1) is 12.0 Å². The molecular formula is C19H32O4. The maximum absolute atomic E-state index is 12.7. The van der Waals surface area contributed by atoms with E-state index in [0.29, 0.717) is 30.5 Å². The Labute approximate surface area is 139 Å². The first-order valence-electron chi connectivity index (χ1n) is 9.23. The molecule has 0 aromatic carbocycles. The van der Waals surface area contributed by atoms with E-state index in [1.165, 1.54) is 0 Å². The Hall–Kier alpha value is -0.900. The fourth-order valence-corrected chi connectivity index (χ4v) is 5.16. The van der Waals surface area contributed by atoms with Gasteiger partial charge >= 0.3 is 5.97 Å². The first-order valence-corrected chi connectivity index (χ1v) is 9.23. The highest BCUT2D eigenvalue weighted by atomic mass is 16.4. The number of ketones is 1. The molecule has 0 bridgehead atoms. The lowest BCUT2D eigenvalue weighted by Crippen LogP contribution is -2.51. The molecular weight excluding hydrogens is 292 g/mol. The smallest absolute Gasteiger partial charge is 0.306 e. The summed E-state index contributed by atoms with van der Waals surface area (Å²) in [6.45, 7) is 6.22. The first kappa shape index (κ1) is 18.4. The molecule has 0 radical (unpaired) electrons. The fourth-order valence-electron chi connectivity index (χ4n) is 5.16. The number of carbonyl (C=O) groups is 2. The summed E-state index contributed by atoms with van der Waals surface area (Å²) >= 11 is 0. The zero-order valence-corrected chi connectivity index (χ0v) is 14.8. The molecule has 23 heavy (non-hydrogen) atoms. The monoisotopic (exact) mass is 324 g/mol. The van der Waals surface area contributed by atoms with Crippen LogP contribution in [0.25, 0.3) is 0 Å². The van der Waals surface area contributed by atoms with Crippen LogP contribution in [0, 0.1) is 29.1 Å². The van der Waals surface area contributed by atoms with Crippen LogP contribution in [0.4, 0.5) is 0 Å². The van der Waals surface area contributed by atoms with E-state index in [4.69, 9.17) is 5.11 Å². The summed E-state index contributed by atoms with van der Waals surface area (Å²) in [5.41, 5.74) is 0.158. The van der Waals surface area contributed by atoms with Crippen LogP contribution in [-0.4, -0.2) is 28.1 Å². The molecule has 2 fully saturated rings. The van der Waals surface area contributed by atoms with Crippen molar-refractivity contribution in [3.8, 4) is 0 Å². The maximum atomic E-state index is 12.7. The molecule has 0 saturated heterocycles. The van der Waals surface area contributed by atoms with Gasteiger partial charge in [-0.3, -0.25) is 9.59 Å². The van der Waals surface area contributed by atoms with E-state index < -0.39 is 5.97 Å². The van der Waals surface area contributed by atoms with Crippen LogP contribution in [0.1, 0.15) is 72.1 Å². The Morgan fingerprint density at radius 1 is 1.43 bits per heavy atom. The van der Waals surface area contributed by atoms with E-state index in [2.05, 4.69) is 13.8 Å². The lowest BCUT2D eigenvalue weighted by atomic mass is 9.51. The standard InChI is InChI=1S/C19H32O4/c1-4-16-15(7-5-6-12(2)18(22)23)17(21)11-13-10-14(20)8-9-19(13,16)3/h12-16,20H,4-11H2,1-3H3,(H,22,23)/t12?,13-,14+,15?,16?,19-/m0/s1. The van der Waals surface area contributed by atoms with Crippen molar-refractivity contribution in [1.29, 1.82) is 0 Å². The molecule has 0 spiro atoms. The molecule has 2 aliphatic rings. The molecule has 0 heterocycles. The molecule has 2 rings (SSSR count). The highest BCUT2D eigenvalue weighted by Gasteiger charge is 2.52. The molecule has 0 aromatic heterocycles. The van der Waals surface area contributed by atoms with E-state index in [-0.39, 0.29) is 23.4 Å². The van der Waals surface area contributed by atoms with Crippen molar-refractivity contribution in [3.05, 3.63) is 0 Å². The molecule has 6 atom stereocenters. The van der Waals surface area contributed by atoms with Crippen molar-refractivity contribution in [2.24, 2.45) is 29.1 Å². The summed E-state index contributed by atoms with van der Waals surface area (Å²) in [4.78, 5) is 23.6. The van der Waals surface area contributed by atoms with E-state index >= 15 is 0 Å². The second-order valence-electron chi connectivity index (χ2n) is 8.09. The Balaban J connectivity index is 2.05. The molecule has 3 unspecified atom stereocenters. The van der Waals surface area contributed by atoms with Crippen LogP contribution in [0.15, 0.2) is 0 Å². The average Bonchev–Trinajstić information content (AvgIpc) is 2.49. The van der Waals surface area contributed by atoms with Crippen molar-refractivity contribution in [1.82, 2.24) is 0 Å². The maximum Gasteiger partial charge on any atom is 0.306 e. The number of Topliss-reactive ketones (excluding diaryl/α,β-unsaturated/α-hetero) is 1. The number of hydrogen-bond acceptors (Lipinski definition) is 3. The molecule has 0 aliphatic heterocycles. The number of fused-ring (bicyclic) bond motifs is 1. The van der Waals surface area contributed by atoms with Gasteiger partial charge in [0.1, 0.15) is 5.78 Å². The number of carbonyl (C=O) groups excluding carboxylic acids is 1. The number of aliphatic hydroxyl groups excluding tert-OH is 1. The SMILES string of the molecule is CCC1C(CCCC(C)C(=O)O)C(=O)C[C@@H]2C[C@H](O)CC[C@]12C. The molecule has 0 aromatic rings. The normalized spacial score (nSPS) is 38.9. The van der Waals surface area contributed by atoms with Crippen molar-refractivity contribution in [3.63, 3.8) is 0 Å². The fraction of sp³-hybridized carbons (Fsp3) is 0.895. The highest BCUT2D eigenvalue weighted by molar-refractivity contribution is 5.82. The zero-order valence-electron chi connectivity index (χ0n) is 14.8. The van der Waals surface area contributed by atoms with Gasteiger partial charge in [0.15, 0.2) is 0 Å². The number of rotatable bonds is 6. The van der Waals surface area contributed by atoms with Gasteiger partial charge in [-0.1, -0.05) is 33.6 Å². The van der Waals surface area contributed by atoms with Gasteiger partial charge < -0.3 is 10.2 Å². The Morgan fingerprint density at radius 3 is 2.74 bits per heavy atom. The van der Waals surface area contributed by atoms with Gasteiger partial charge in [0.25, 0.3) is 0 Å². The van der Waals surface area contributed by atoms with Crippen molar-refractivity contribution in [2.75, 3.05) is 0 Å². The Bertz CT molecular complexity index is 447. The third kappa shape index (κ3) is 3.78. The summed E-state index contributed by atoms with van der Waals surface area (Å²) in [5, 5.41) is 19.0. The average molecular weight is 324 g/mol. The molecule has 4 nitrogen and oxygen atoms in total. The topological polar surface area (TPSA) is 74.6 Å². The second-order valence-corrected chi connectivity index (χ2v) is 8.09. The van der Waals surface area contributed by atoms with Crippen LogP contribution >= 0.6 is 0 Å². The lowest BCUT2D eigenvalue weighted by Gasteiger charge is -2.54. The minimum Gasteiger partial charge on any atom is -0.481 e. The quantitative estimate of drug-likeness (QED) is 0.782. The minimum absolute atomic E-state index is 0.0810. The van der Waals surface area contributed by atoms with Crippen LogP contribution in [0.2, 0.25) is 0 Å². The van der Waals surface area contributed by atoms with E-state index in [1.54, 1.807) is 6.92 Å². The Kier molecular flexibility index (Phi) is 5.88. The number of carboxylic acid groups (broad SMARTS) is 1. The summed E-state index contributed by atoms with van der Waals surface area (Å²) < 4.78 is 0. The Morgan fingerprint density at radius 2 is 2.13 bits per heavy atom. The van der Waals surface area contributed by atoms with Gasteiger partial charge in [-0.2, -0.15) is 0 Å². The highest BCUT2D eigenvalue weighted by Crippen LogP contribution is 2.56.